The number of rotatable bonds is 5. The quantitative estimate of drug-likeness (QED) is 0.291. The second kappa shape index (κ2) is 12.0. The number of hydrogen-bond donors (Lipinski definition) is 1. The summed E-state index contributed by atoms with van der Waals surface area (Å²) in [5, 5.41) is 7.03. The van der Waals surface area contributed by atoms with Crippen LogP contribution in [0.4, 0.5) is 14.5 Å². The van der Waals surface area contributed by atoms with Crippen molar-refractivity contribution in [1.29, 1.82) is 0 Å². The van der Waals surface area contributed by atoms with Gasteiger partial charge in [0, 0.05) is 48.3 Å². The third kappa shape index (κ3) is 5.90. The van der Waals surface area contributed by atoms with Crippen molar-refractivity contribution in [3.8, 4) is 5.69 Å². The first-order chi connectivity index (χ1) is 18.7. The Hall–Kier alpha value is -4.08. The summed E-state index contributed by atoms with van der Waals surface area (Å²) in [7, 11) is 0. The molecule has 1 aliphatic heterocycles. The molecule has 2 amide bonds. The number of nitrogens with one attached hydrogen (secondary N) is 1. The molecule has 2 aromatic heterocycles. The molecule has 0 saturated carbocycles. The van der Waals surface area contributed by atoms with Gasteiger partial charge in [-0.1, -0.05) is 35.9 Å². The zero-order valence-electron chi connectivity index (χ0n) is 21.4. The average molecular weight is 584 g/mol. The van der Waals surface area contributed by atoms with Gasteiger partial charge in [0.2, 0.25) is 5.91 Å². The lowest BCUT2D eigenvalue weighted by Crippen LogP contribution is -2.33. The first kappa shape index (κ1) is 28.9. The predicted octanol–water partition coefficient (Wildman–Crippen LogP) is 6.04. The number of carbonyl (C=O) groups is 2. The molecule has 0 spiro atoms. The number of halogens is 4. The molecule has 1 aliphatic rings. The second-order valence-electron chi connectivity index (χ2n) is 9.07. The highest BCUT2D eigenvalue weighted by molar-refractivity contribution is 6.34. The van der Waals surface area contributed by atoms with Crippen molar-refractivity contribution < 1.29 is 18.4 Å². The van der Waals surface area contributed by atoms with Crippen LogP contribution in [0.3, 0.4) is 0 Å². The van der Waals surface area contributed by atoms with Crippen LogP contribution in [0, 0.1) is 6.92 Å². The van der Waals surface area contributed by atoms with E-state index in [1.165, 1.54) is 11.0 Å². The smallest absolute Gasteiger partial charge is 0.275 e. The molecule has 4 aromatic rings. The molecule has 0 radical (unpaired) electrons. The molecular formula is C29H25Cl2F2N5O2. The van der Waals surface area contributed by atoms with Gasteiger partial charge in [-0.05, 0) is 49.4 Å². The van der Waals surface area contributed by atoms with Crippen molar-refractivity contribution in [2.75, 3.05) is 11.4 Å². The molecule has 0 saturated heterocycles. The van der Waals surface area contributed by atoms with Crippen molar-refractivity contribution in [3.63, 3.8) is 0 Å². The van der Waals surface area contributed by atoms with Gasteiger partial charge in [-0.15, -0.1) is 12.4 Å². The van der Waals surface area contributed by atoms with E-state index in [-0.39, 0.29) is 47.3 Å². The number of benzene rings is 2. The van der Waals surface area contributed by atoms with Gasteiger partial charge in [-0.2, -0.15) is 5.10 Å². The zero-order valence-corrected chi connectivity index (χ0v) is 22.9. The van der Waals surface area contributed by atoms with E-state index in [9.17, 15) is 9.59 Å². The molecule has 0 atom stereocenters. The Morgan fingerprint density at radius 2 is 1.85 bits per heavy atom. The van der Waals surface area contributed by atoms with Crippen molar-refractivity contribution in [1.82, 2.24) is 20.1 Å². The standard InChI is InChI=1S/C29H24ClF2N5O2.ClH/c1-19-11-14-35-37(19)21-9-10-23(25(30)16-21)28(39)36-15-12-29(31,32)24(22-7-2-3-8-26(22)36)17-27(38)34-18-20-6-4-5-13-33-20;/h2-11,13-14,16-17H,12,15,18H2,1H3,(H,34,38);1H/b24-17-;. The summed E-state index contributed by atoms with van der Waals surface area (Å²) in [5.74, 6) is -4.57. The van der Waals surface area contributed by atoms with Crippen LogP contribution in [0.5, 0.6) is 0 Å². The Morgan fingerprint density at radius 1 is 1.07 bits per heavy atom. The molecule has 0 aliphatic carbocycles. The average Bonchev–Trinajstić information content (AvgIpc) is 3.32. The summed E-state index contributed by atoms with van der Waals surface area (Å²) >= 11 is 6.51. The molecule has 1 N–H and O–H groups in total. The molecule has 0 fully saturated rings. The Balaban J connectivity index is 0.00000370. The summed E-state index contributed by atoms with van der Waals surface area (Å²) in [5.41, 5.74) is 2.24. The molecule has 40 heavy (non-hydrogen) atoms. The Labute approximate surface area is 240 Å². The SMILES string of the molecule is Cc1ccnn1-c1ccc(C(=O)N2CCC(F)(F)/C(=C\C(=O)NCc3ccccn3)c3ccccc32)c(Cl)c1.Cl. The lowest BCUT2D eigenvalue weighted by atomic mass is 9.97. The molecule has 11 heteroatoms. The monoisotopic (exact) mass is 583 g/mol. The van der Waals surface area contributed by atoms with E-state index in [1.807, 2.05) is 13.0 Å². The third-order valence-electron chi connectivity index (χ3n) is 6.48. The maximum Gasteiger partial charge on any atom is 0.275 e. The van der Waals surface area contributed by atoms with E-state index < -0.39 is 29.7 Å². The predicted molar refractivity (Wildman–Crippen MR) is 152 cm³/mol. The largest absolute Gasteiger partial charge is 0.347 e. The van der Waals surface area contributed by atoms with Gasteiger partial charge in [0.25, 0.3) is 11.8 Å². The molecule has 2 aromatic carbocycles. The van der Waals surface area contributed by atoms with E-state index in [2.05, 4.69) is 15.4 Å². The minimum Gasteiger partial charge on any atom is -0.347 e. The van der Waals surface area contributed by atoms with Crippen LogP contribution in [0.1, 0.15) is 33.7 Å². The van der Waals surface area contributed by atoms with Gasteiger partial charge < -0.3 is 10.2 Å². The van der Waals surface area contributed by atoms with Gasteiger partial charge >= 0.3 is 0 Å². The highest BCUT2D eigenvalue weighted by Gasteiger charge is 2.41. The Morgan fingerprint density at radius 3 is 2.55 bits per heavy atom. The van der Waals surface area contributed by atoms with Crippen molar-refractivity contribution in [2.45, 2.75) is 25.8 Å². The maximum absolute atomic E-state index is 15.5. The first-order valence-electron chi connectivity index (χ1n) is 12.2. The highest BCUT2D eigenvalue weighted by Crippen LogP contribution is 2.43. The van der Waals surface area contributed by atoms with E-state index in [0.717, 1.165) is 11.8 Å². The Kier molecular flexibility index (Phi) is 8.66. The number of para-hydroxylation sites is 1. The minimum absolute atomic E-state index is 0. The molecular weight excluding hydrogens is 559 g/mol. The number of fused-ring (bicyclic) bond motifs is 1. The number of hydrogen-bond acceptors (Lipinski definition) is 4. The van der Waals surface area contributed by atoms with Crippen LogP contribution in [0.25, 0.3) is 11.3 Å². The van der Waals surface area contributed by atoms with Gasteiger partial charge in [0.15, 0.2) is 0 Å². The van der Waals surface area contributed by atoms with Gasteiger partial charge in [-0.3, -0.25) is 14.6 Å². The minimum atomic E-state index is -3.36. The number of carbonyl (C=O) groups excluding carboxylic acids is 2. The van der Waals surface area contributed by atoms with Crippen molar-refractivity contribution in [2.24, 2.45) is 0 Å². The fourth-order valence-corrected chi connectivity index (χ4v) is 4.75. The van der Waals surface area contributed by atoms with E-state index >= 15 is 8.78 Å². The lowest BCUT2D eigenvalue weighted by molar-refractivity contribution is -0.116. The highest BCUT2D eigenvalue weighted by atomic mass is 35.5. The number of pyridine rings is 1. The van der Waals surface area contributed by atoms with Crippen LogP contribution in [0.2, 0.25) is 5.02 Å². The van der Waals surface area contributed by atoms with Crippen molar-refractivity contribution in [3.05, 3.63) is 113 Å². The number of nitrogens with zero attached hydrogens (tertiary/aromatic N) is 4. The van der Waals surface area contributed by atoms with Gasteiger partial charge in [0.05, 0.1) is 34.2 Å². The first-order valence-corrected chi connectivity index (χ1v) is 12.6. The van der Waals surface area contributed by atoms with Crippen molar-refractivity contribution >= 4 is 47.1 Å². The third-order valence-corrected chi connectivity index (χ3v) is 6.79. The Bertz CT molecular complexity index is 1570. The van der Waals surface area contributed by atoms with E-state index in [4.69, 9.17) is 11.6 Å². The van der Waals surface area contributed by atoms with Crippen LogP contribution in [-0.4, -0.2) is 39.0 Å². The molecule has 5 rings (SSSR count). The maximum atomic E-state index is 15.5. The van der Waals surface area contributed by atoms with Crippen LogP contribution in [0.15, 0.2) is 85.2 Å². The topological polar surface area (TPSA) is 80.1 Å². The normalized spacial score (nSPS) is 15.1. The number of anilines is 1. The zero-order chi connectivity index (χ0) is 27.6. The molecule has 7 nitrogen and oxygen atoms in total. The fraction of sp³-hybridized carbons (Fsp3) is 0.172. The van der Waals surface area contributed by atoms with Crippen LogP contribution in [-0.2, 0) is 11.3 Å². The summed E-state index contributed by atoms with van der Waals surface area (Å²) in [6.45, 7) is 1.71. The van der Waals surface area contributed by atoms with Crippen LogP contribution < -0.4 is 10.2 Å². The fourth-order valence-electron chi connectivity index (χ4n) is 4.49. The summed E-state index contributed by atoms with van der Waals surface area (Å²) in [6, 6.07) is 18.3. The lowest BCUT2D eigenvalue weighted by Gasteiger charge is -2.23. The molecule has 0 unspecified atom stereocenters. The van der Waals surface area contributed by atoms with E-state index in [1.54, 1.807) is 71.7 Å². The summed E-state index contributed by atoms with van der Waals surface area (Å²) in [4.78, 5) is 31.8. The number of allylic oxidation sites excluding steroid dienone is 1. The summed E-state index contributed by atoms with van der Waals surface area (Å²) < 4.78 is 32.6. The molecule has 206 valence electrons. The second-order valence-corrected chi connectivity index (χ2v) is 9.48. The number of amides is 2. The van der Waals surface area contributed by atoms with Gasteiger partial charge in [-0.25, -0.2) is 13.5 Å². The summed E-state index contributed by atoms with van der Waals surface area (Å²) in [6.07, 6.45) is 3.47. The van der Waals surface area contributed by atoms with Gasteiger partial charge in [0.1, 0.15) is 0 Å². The number of alkyl halides is 2. The number of aromatic nitrogens is 3. The van der Waals surface area contributed by atoms with E-state index in [0.29, 0.717) is 11.4 Å². The molecule has 0 bridgehead atoms. The van der Waals surface area contributed by atoms with Crippen LogP contribution >= 0.6 is 24.0 Å². The number of aryl methyl sites for hydroxylation is 1. The molecule has 3 heterocycles.